The van der Waals surface area contributed by atoms with Crippen molar-refractivity contribution < 1.29 is 19.4 Å². The lowest BCUT2D eigenvalue weighted by Gasteiger charge is -2.22. The Morgan fingerprint density at radius 2 is 2.05 bits per heavy atom. The molecule has 0 radical (unpaired) electrons. The van der Waals surface area contributed by atoms with Crippen LogP contribution >= 0.6 is 0 Å². The number of carbonyl (C=O) groups is 1. The van der Waals surface area contributed by atoms with Gasteiger partial charge in [-0.15, -0.1) is 5.10 Å². The molecule has 0 bridgehead atoms. The van der Waals surface area contributed by atoms with Crippen molar-refractivity contribution in [3.05, 3.63) is 16.8 Å². The molecule has 6 heteroatoms. The first-order valence-corrected chi connectivity index (χ1v) is 6.37. The first-order chi connectivity index (χ1) is 9.09. The van der Waals surface area contributed by atoms with E-state index in [9.17, 15) is 9.90 Å². The van der Waals surface area contributed by atoms with Crippen molar-refractivity contribution in [2.24, 2.45) is 5.92 Å². The van der Waals surface area contributed by atoms with Gasteiger partial charge in [0.15, 0.2) is 0 Å². The summed E-state index contributed by atoms with van der Waals surface area (Å²) in [6.45, 7) is 5.38. The van der Waals surface area contributed by atoms with Gasteiger partial charge in [0.05, 0.1) is 12.3 Å². The quantitative estimate of drug-likeness (QED) is 0.891. The normalized spacial score (nSPS) is 16.3. The number of carboxylic acid groups (broad SMARTS) is 1. The van der Waals surface area contributed by atoms with Crippen molar-refractivity contribution >= 4 is 5.97 Å². The van der Waals surface area contributed by atoms with Gasteiger partial charge in [0.2, 0.25) is 5.88 Å². The minimum Gasteiger partial charge on any atom is -0.477 e. The van der Waals surface area contributed by atoms with Crippen LogP contribution in [0.25, 0.3) is 0 Å². The molecule has 1 N–H and O–H groups in total. The highest BCUT2D eigenvalue weighted by Gasteiger charge is 2.21. The maximum absolute atomic E-state index is 11.3. The monoisotopic (exact) mass is 266 g/mol. The van der Waals surface area contributed by atoms with Crippen LogP contribution in [0.1, 0.15) is 34.5 Å². The molecule has 1 fully saturated rings. The highest BCUT2D eigenvalue weighted by Crippen LogP contribution is 2.22. The average Bonchev–Trinajstić information content (AvgIpc) is 2.41. The Bertz CT molecular complexity index is 470. The highest BCUT2D eigenvalue weighted by atomic mass is 16.5. The van der Waals surface area contributed by atoms with Gasteiger partial charge in [0.1, 0.15) is 5.56 Å². The molecule has 0 unspecified atom stereocenters. The number of aromatic nitrogens is 2. The summed E-state index contributed by atoms with van der Waals surface area (Å²) >= 11 is 0. The molecular formula is C13H18N2O4. The maximum Gasteiger partial charge on any atom is 0.341 e. The number of aryl methyl sites for hydroxylation is 1. The van der Waals surface area contributed by atoms with Gasteiger partial charge in [-0.2, -0.15) is 5.10 Å². The molecule has 0 aliphatic carbocycles. The van der Waals surface area contributed by atoms with Gasteiger partial charge < -0.3 is 14.6 Å². The number of nitrogens with zero attached hydrogens (tertiary/aromatic N) is 2. The molecule has 0 amide bonds. The Hall–Kier alpha value is -1.69. The van der Waals surface area contributed by atoms with E-state index in [2.05, 4.69) is 10.2 Å². The van der Waals surface area contributed by atoms with E-state index in [1.165, 1.54) is 0 Å². The first kappa shape index (κ1) is 13.7. The Kier molecular flexibility index (Phi) is 4.31. The lowest BCUT2D eigenvalue weighted by atomic mass is 10.0. The number of rotatable bonds is 4. The van der Waals surface area contributed by atoms with Gasteiger partial charge in [-0.1, -0.05) is 0 Å². The number of ether oxygens (including phenoxy) is 2. The number of hydrogen-bond acceptors (Lipinski definition) is 5. The zero-order chi connectivity index (χ0) is 13.8. The molecule has 1 aliphatic rings. The van der Waals surface area contributed by atoms with E-state index in [-0.39, 0.29) is 11.4 Å². The van der Waals surface area contributed by atoms with E-state index < -0.39 is 5.97 Å². The molecule has 19 heavy (non-hydrogen) atoms. The third kappa shape index (κ3) is 3.20. The highest BCUT2D eigenvalue weighted by molar-refractivity contribution is 5.91. The largest absolute Gasteiger partial charge is 0.477 e. The lowest BCUT2D eigenvalue weighted by molar-refractivity contribution is 0.0480. The summed E-state index contributed by atoms with van der Waals surface area (Å²) in [7, 11) is 0. The van der Waals surface area contributed by atoms with Crippen LogP contribution in [-0.4, -0.2) is 41.1 Å². The van der Waals surface area contributed by atoms with E-state index in [0.717, 1.165) is 26.1 Å². The Morgan fingerprint density at radius 3 is 2.68 bits per heavy atom. The topological polar surface area (TPSA) is 81.5 Å². The van der Waals surface area contributed by atoms with E-state index in [1.54, 1.807) is 13.8 Å². The van der Waals surface area contributed by atoms with Gasteiger partial charge in [0, 0.05) is 13.2 Å². The van der Waals surface area contributed by atoms with Gasteiger partial charge in [-0.25, -0.2) is 4.79 Å². The molecule has 1 aromatic heterocycles. The maximum atomic E-state index is 11.3. The number of carboxylic acids is 1. The van der Waals surface area contributed by atoms with Crippen LogP contribution in [0, 0.1) is 19.8 Å². The zero-order valence-corrected chi connectivity index (χ0v) is 11.2. The molecule has 1 aliphatic heterocycles. The van der Waals surface area contributed by atoms with Gasteiger partial charge in [0.25, 0.3) is 0 Å². The van der Waals surface area contributed by atoms with Crippen molar-refractivity contribution in [2.75, 3.05) is 19.8 Å². The van der Waals surface area contributed by atoms with Crippen LogP contribution in [0.4, 0.5) is 0 Å². The van der Waals surface area contributed by atoms with Crippen LogP contribution in [0.15, 0.2) is 0 Å². The minimum absolute atomic E-state index is 0.111. The van der Waals surface area contributed by atoms with Crippen molar-refractivity contribution in [2.45, 2.75) is 26.7 Å². The van der Waals surface area contributed by atoms with Crippen LogP contribution in [0.5, 0.6) is 5.88 Å². The minimum atomic E-state index is -1.03. The van der Waals surface area contributed by atoms with E-state index in [4.69, 9.17) is 9.47 Å². The van der Waals surface area contributed by atoms with E-state index >= 15 is 0 Å². The van der Waals surface area contributed by atoms with Crippen molar-refractivity contribution in [1.82, 2.24) is 10.2 Å². The second kappa shape index (κ2) is 5.97. The fourth-order valence-electron chi connectivity index (χ4n) is 2.05. The number of aromatic carboxylic acids is 1. The third-order valence-corrected chi connectivity index (χ3v) is 3.43. The second-order valence-corrected chi connectivity index (χ2v) is 4.76. The summed E-state index contributed by atoms with van der Waals surface area (Å²) in [4.78, 5) is 11.3. The summed E-state index contributed by atoms with van der Waals surface area (Å²) < 4.78 is 10.8. The molecule has 104 valence electrons. The van der Waals surface area contributed by atoms with Gasteiger partial charge in [-0.3, -0.25) is 0 Å². The first-order valence-electron chi connectivity index (χ1n) is 6.37. The molecule has 0 saturated carbocycles. The summed E-state index contributed by atoms with van der Waals surface area (Å²) in [5, 5.41) is 17.0. The van der Waals surface area contributed by atoms with E-state index in [1.807, 2.05) is 0 Å². The van der Waals surface area contributed by atoms with Gasteiger partial charge >= 0.3 is 5.97 Å². The SMILES string of the molecule is Cc1nnc(OCC2CCOCC2)c(C(=O)O)c1C. The Morgan fingerprint density at radius 1 is 1.37 bits per heavy atom. The smallest absolute Gasteiger partial charge is 0.341 e. The van der Waals surface area contributed by atoms with Crippen molar-refractivity contribution in [3.63, 3.8) is 0 Å². The second-order valence-electron chi connectivity index (χ2n) is 4.76. The van der Waals surface area contributed by atoms with Crippen LogP contribution in [0.2, 0.25) is 0 Å². The molecule has 2 heterocycles. The molecule has 2 rings (SSSR count). The van der Waals surface area contributed by atoms with Crippen molar-refractivity contribution in [3.8, 4) is 5.88 Å². The van der Waals surface area contributed by atoms with Gasteiger partial charge in [-0.05, 0) is 38.2 Å². The summed E-state index contributed by atoms with van der Waals surface area (Å²) in [5.74, 6) is -0.529. The zero-order valence-electron chi connectivity index (χ0n) is 11.2. The Labute approximate surface area is 111 Å². The average molecular weight is 266 g/mol. The third-order valence-electron chi connectivity index (χ3n) is 3.43. The van der Waals surface area contributed by atoms with Crippen LogP contribution in [-0.2, 0) is 4.74 Å². The fraction of sp³-hybridized carbons (Fsp3) is 0.615. The molecule has 0 atom stereocenters. The molecule has 0 aromatic carbocycles. The van der Waals surface area contributed by atoms with Crippen LogP contribution in [0.3, 0.4) is 0 Å². The molecule has 6 nitrogen and oxygen atoms in total. The lowest BCUT2D eigenvalue weighted by Crippen LogP contribution is -2.22. The number of hydrogen-bond donors (Lipinski definition) is 1. The fourth-order valence-corrected chi connectivity index (χ4v) is 2.05. The summed E-state index contributed by atoms with van der Waals surface area (Å²) in [5.41, 5.74) is 1.32. The summed E-state index contributed by atoms with van der Waals surface area (Å²) in [6, 6.07) is 0. The predicted octanol–water partition coefficient (Wildman–Crippen LogP) is 1.60. The molecule has 0 spiro atoms. The standard InChI is InChI=1S/C13H18N2O4/c1-8-9(2)14-15-12(11(8)13(16)17)19-7-10-3-5-18-6-4-10/h10H,3-7H2,1-2H3,(H,16,17). The molecule has 1 aromatic rings. The summed E-state index contributed by atoms with van der Waals surface area (Å²) in [6.07, 6.45) is 1.86. The van der Waals surface area contributed by atoms with Crippen LogP contribution < -0.4 is 4.74 Å². The molecular weight excluding hydrogens is 248 g/mol. The predicted molar refractivity (Wildman–Crippen MR) is 67.5 cm³/mol. The van der Waals surface area contributed by atoms with E-state index in [0.29, 0.717) is 23.8 Å². The Balaban J connectivity index is 2.11. The molecule has 1 saturated heterocycles. The van der Waals surface area contributed by atoms with Crippen molar-refractivity contribution in [1.29, 1.82) is 0 Å².